The number of carboxylic acid groups (broad SMARTS) is 1. The van der Waals surface area contributed by atoms with Gasteiger partial charge in [-0.2, -0.15) is 0 Å². The summed E-state index contributed by atoms with van der Waals surface area (Å²) in [5, 5.41) is 17.5. The van der Waals surface area contributed by atoms with Gasteiger partial charge in [-0.1, -0.05) is 0 Å². The topological polar surface area (TPSA) is 87.1 Å². The average Bonchev–Trinajstić information content (AvgIpc) is 2.39. The van der Waals surface area contributed by atoms with Crippen molar-refractivity contribution in [2.24, 2.45) is 0 Å². The Hall–Kier alpha value is 0.0764. The quantitative estimate of drug-likeness (QED) is 0.453. The van der Waals surface area contributed by atoms with Crippen molar-refractivity contribution in [1.82, 2.24) is 4.90 Å². The SMILES string of the molecule is O=C(O)C1/C(=C/CO)O[C@@H]2CC(=O)N12.[K]. The van der Waals surface area contributed by atoms with Gasteiger partial charge in [-0.3, -0.25) is 9.69 Å². The first-order valence-electron chi connectivity index (χ1n) is 4.16. The van der Waals surface area contributed by atoms with Crippen LogP contribution in [0.4, 0.5) is 0 Å². The molecule has 0 aromatic rings. The van der Waals surface area contributed by atoms with Gasteiger partial charge in [0.1, 0.15) is 5.76 Å². The van der Waals surface area contributed by atoms with E-state index in [-0.39, 0.29) is 76.1 Å². The number of β-lactam (4-membered cyclic amide) rings is 1. The number of carbonyl (C=O) groups excluding carboxylic acids is 1. The van der Waals surface area contributed by atoms with Crippen LogP contribution in [0.15, 0.2) is 11.8 Å². The number of aliphatic carboxylic acids is 1. The van der Waals surface area contributed by atoms with Crippen LogP contribution in [0, 0.1) is 0 Å². The molecule has 0 aromatic heterocycles. The number of hydrogen-bond acceptors (Lipinski definition) is 4. The van der Waals surface area contributed by atoms with Crippen LogP contribution in [0.1, 0.15) is 6.42 Å². The first kappa shape index (κ1) is 13.1. The number of hydrogen-bond donors (Lipinski definition) is 2. The molecule has 7 heteroatoms. The van der Waals surface area contributed by atoms with Gasteiger partial charge < -0.3 is 14.9 Å². The maximum atomic E-state index is 11.1. The Morgan fingerprint density at radius 3 is 2.80 bits per heavy atom. The fraction of sp³-hybridized carbons (Fsp3) is 0.500. The van der Waals surface area contributed by atoms with E-state index in [9.17, 15) is 9.59 Å². The average molecular weight is 238 g/mol. The molecule has 2 N–H and O–H groups in total. The molecule has 2 saturated heterocycles. The van der Waals surface area contributed by atoms with Gasteiger partial charge in [0.25, 0.3) is 0 Å². The number of nitrogens with zero attached hydrogens (tertiary/aromatic N) is 1. The number of ether oxygens (including phenoxy) is 1. The molecule has 1 unspecified atom stereocenters. The molecule has 0 bridgehead atoms. The monoisotopic (exact) mass is 238 g/mol. The van der Waals surface area contributed by atoms with E-state index >= 15 is 0 Å². The summed E-state index contributed by atoms with van der Waals surface area (Å²) in [7, 11) is 0. The Morgan fingerprint density at radius 2 is 2.33 bits per heavy atom. The summed E-state index contributed by atoms with van der Waals surface area (Å²) >= 11 is 0. The standard InChI is InChI=1S/C8H9NO5.K/c10-2-1-4-7(8(12)13)9-5(11)3-6(9)14-4;/h1,6-7,10H,2-3H2,(H,12,13);/b4-1-;/t6-,7?;/m1./s1. The van der Waals surface area contributed by atoms with Crippen LogP contribution in [0.5, 0.6) is 0 Å². The number of carboxylic acids is 1. The predicted molar refractivity (Wildman–Crippen MR) is 48.7 cm³/mol. The molecule has 2 fully saturated rings. The second-order valence-corrected chi connectivity index (χ2v) is 3.11. The molecule has 0 aromatic carbocycles. The maximum absolute atomic E-state index is 11.1. The van der Waals surface area contributed by atoms with Crippen LogP contribution in [-0.4, -0.2) is 97.3 Å². The minimum Gasteiger partial charge on any atom is -0.479 e. The van der Waals surface area contributed by atoms with Gasteiger partial charge in [0.15, 0.2) is 12.3 Å². The summed E-state index contributed by atoms with van der Waals surface area (Å²) in [4.78, 5) is 23.1. The Balaban J connectivity index is 0.00000112. The Labute approximate surface area is 128 Å². The van der Waals surface area contributed by atoms with Crippen molar-refractivity contribution >= 4 is 63.3 Å². The third kappa shape index (κ3) is 2.13. The van der Waals surface area contributed by atoms with Crippen LogP contribution in [0.25, 0.3) is 0 Å². The molecule has 15 heavy (non-hydrogen) atoms. The van der Waals surface area contributed by atoms with Crippen LogP contribution in [-0.2, 0) is 14.3 Å². The molecule has 6 nitrogen and oxygen atoms in total. The molecule has 0 spiro atoms. The van der Waals surface area contributed by atoms with Gasteiger partial charge in [0, 0.05) is 51.4 Å². The van der Waals surface area contributed by atoms with Crippen molar-refractivity contribution < 1.29 is 24.5 Å². The molecule has 1 radical (unpaired) electrons. The van der Waals surface area contributed by atoms with Crippen LogP contribution < -0.4 is 0 Å². The van der Waals surface area contributed by atoms with Crippen LogP contribution in [0.2, 0.25) is 0 Å². The number of aliphatic hydroxyl groups is 1. The molecule has 2 rings (SSSR count). The number of amides is 1. The zero-order valence-corrected chi connectivity index (χ0v) is 11.3. The van der Waals surface area contributed by atoms with Crippen LogP contribution >= 0.6 is 0 Å². The van der Waals surface area contributed by atoms with E-state index in [2.05, 4.69) is 0 Å². The Morgan fingerprint density at radius 1 is 1.67 bits per heavy atom. The summed E-state index contributed by atoms with van der Waals surface area (Å²) in [6, 6.07) is -1.06. The van der Waals surface area contributed by atoms with Gasteiger partial charge in [-0.15, -0.1) is 0 Å². The Bertz CT molecular complexity index is 329. The van der Waals surface area contributed by atoms with Gasteiger partial charge in [0.05, 0.1) is 13.0 Å². The van der Waals surface area contributed by atoms with Crippen molar-refractivity contribution in [2.75, 3.05) is 6.61 Å². The number of carbonyl (C=O) groups is 2. The fourth-order valence-corrected chi connectivity index (χ4v) is 1.66. The van der Waals surface area contributed by atoms with E-state index in [1.54, 1.807) is 0 Å². The van der Waals surface area contributed by atoms with Gasteiger partial charge in [-0.05, 0) is 6.08 Å². The molecule has 0 saturated carbocycles. The zero-order chi connectivity index (χ0) is 10.3. The smallest absolute Gasteiger partial charge is 0.334 e. The van der Waals surface area contributed by atoms with Gasteiger partial charge >= 0.3 is 5.97 Å². The molecule has 0 aliphatic carbocycles. The third-order valence-electron chi connectivity index (χ3n) is 2.29. The van der Waals surface area contributed by atoms with Crippen molar-refractivity contribution in [2.45, 2.75) is 18.7 Å². The first-order valence-corrected chi connectivity index (χ1v) is 4.16. The number of fused-ring (bicyclic) bond motifs is 1. The second-order valence-electron chi connectivity index (χ2n) is 3.11. The molecule has 2 aliphatic heterocycles. The zero-order valence-electron chi connectivity index (χ0n) is 8.21. The van der Waals surface area contributed by atoms with Crippen molar-refractivity contribution in [3.63, 3.8) is 0 Å². The fourth-order valence-electron chi connectivity index (χ4n) is 1.66. The van der Waals surface area contributed by atoms with Crippen molar-refractivity contribution in [3.8, 4) is 0 Å². The second kappa shape index (κ2) is 4.94. The number of aliphatic hydroxyl groups excluding tert-OH is 1. The minimum absolute atomic E-state index is 0. The summed E-state index contributed by atoms with van der Waals surface area (Å²) < 4.78 is 5.17. The minimum atomic E-state index is -1.14. The summed E-state index contributed by atoms with van der Waals surface area (Å²) in [5.74, 6) is -1.22. The molecule has 1 amide bonds. The van der Waals surface area contributed by atoms with E-state index in [0.717, 1.165) is 0 Å². The maximum Gasteiger partial charge on any atom is 0.334 e. The van der Waals surface area contributed by atoms with Crippen LogP contribution in [0.3, 0.4) is 0 Å². The van der Waals surface area contributed by atoms with Gasteiger partial charge in [0.2, 0.25) is 5.91 Å². The number of rotatable bonds is 2. The Kier molecular flexibility index (Phi) is 4.33. The molecule has 2 aliphatic rings. The molecule has 2 atom stereocenters. The van der Waals surface area contributed by atoms with Crippen molar-refractivity contribution in [1.29, 1.82) is 0 Å². The van der Waals surface area contributed by atoms with E-state index in [4.69, 9.17) is 14.9 Å². The molecule has 77 valence electrons. The summed E-state index contributed by atoms with van der Waals surface area (Å²) in [6.45, 7) is -0.298. The van der Waals surface area contributed by atoms with E-state index in [1.165, 1.54) is 11.0 Å². The largest absolute Gasteiger partial charge is 0.479 e. The van der Waals surface area contributed by atoms with E-state index in [1.807, 2.05) is 0 Å². The first-order chi connectivity index (χ1) is 6.65. The van der Waals surface area contributed by atoms with Crippen molar-refractivity contribution in [3.05, 3.63) is 11.8 Å². The van der Waals surface area contributed by atoms with E-state index < -0.39 is 18.2 Å². The molecule has 2 heterocycles. The summed E-state index contributed by atoms with van der Waals surface area (Å²) in [5.41, 5.74) is 0. The molecular formula is C8H9KNO5. The van der Waals surface area contributed by atoms with E-state index in [0.29, 0.717) is 0 Å². The predicted octanol–water partition coefficient (Wildman–Crippen LogP) is -1.48. The van der Waals surface area contributed by atoms with Gasteiger partial charge in [-0.25, -0.2) is 4.79 Å². The molecular weight excluding hydrogens is 229 g/mol. The summed E-state index contributed by atoms with van der Waals surface area (Å²) in [6.07, 6.45) is 1.03. The third-order valence-corrected chi connectivity index (χ3v) is 2.29. The normalized spacial score (nSPS) is 30.3.